The van der Waals surface area contributed by atoms with Crippen LogP contribution in [0.1, 0.15) is 0 Å². The van der Waals surface area contributed by atoms with Crippen LogP contribution in [0.5, 0.6) is 0 Å². The standard InChI is InChI=1S/C37H43F4N3O4SSi2/c1-50(2,3)20-18-47-24-43-33-22-27(12-14-29(33)37(42-43)26-10-8-7-9-11-26)35-31(40)16-17-32(36(35)41)44(25-48-19-21-51(4,5)6)49(45,46)34-23-28(38)13-15-30(34)39/h7-17,22-23H,18-21,24-25H2,1-6H3. The van der Waals surface area contributed by atoms with Gasteiger partial charge in [0.15, 0.2) is 5.82 Å². The Morgan fingerprint density at radius 1 is 0.745 bits per heavy atom. The lowest BCUT2D eigenvalue weighted by Crippen LogP contribution is -2.35. The number of benzene rings is 4. The third-order valence-corrected chi connectivity index (χ3v) is 13.5. The molecule has 14 heteroatoms. The van der Waals surface area contributed by atoms with E-state index in [0.717, 1.165) is 35.2 Å². The first-order chi connectivity index (χ1) is 24.0. The van der Waals surface area contributed by atoms with Crippen LogP contribution in [0.25, 0.3) is 33.3 Å². The Labute approximate surface area is 298 Å². The van der Waals surface area contributed by atoms with Gasteiger partial charge in [-0.05, 0) is 60.1 Å². The van der Waals surface area contributed by atoms with Gasteiger partial charge in [-0.2, -0.15) is 5.10 Å². The zero-order valence-corrected chi connectivity index (χ0v) is 32.5. The van der Waals surface area contributed by atoms with Gasteiger partial charge in [-0.3, -0.25) is 0 Å². The summed E-state index contributed by atoms with van der Waals surface area (Å²) in [5, 5.41) is 5.53. The van der Waals surface area contributed by atoms with Crippen LogP contribution in [0, 0.1) is 23.3 Å². The van der Waals surface area contributed by atoms with Gasteiger partial charge in [-0.1, -0.05) is 75.7 Å². The molecule has 0 bridgehead atoms. The summed E-state index contributed by atoms with van der Waals surface area (Å²) in [5.74, 6) is -4.40. The maximum Gasteiger partial charge on any atom is 0.269 e. The first kappa shape index (κ1) is 38.4. The molecule has 0 atom stereocenters. The van der Waals surface area contributed by atoms with E-state index in [-0.39, 0.29) is 18.9 Å². The molecule has 4 aromatic carbocycles. The summed E-state index contributed by atoms with van der Waals surface area (Å²) in [6.07, 6.45) is 0. The SMILES string of the molecule is C[Si](C)(C)CCOCN(c1ccc(F)c(-c2ccc3c(-c4ccccc4)nn(COCC[Si](C)(C)C)c3c2)c1F)S(=O)(=O)c1cc(F)ccc1F. The highest BCUT2D eigenvalue weighted by Crippen LogP contribution is 2.38. The monoisotopic (exact) mass is 757 g/mol. The zero-order chi connectivity index (χ0) is 37.1. The molecule has 1 heterocycles. The summed E-state index contributed by atoms with van der Waals surface area (Å²) < 4.78 is 103. The molecule has 5 rings (SSSR count). The fraction of sp³-hybridized carbons (Fsp3) is 0.324. The van der Waals surface area contributed by atoms with Crippen LogP contribution >= 0.6 is 0 Å². The van der Waals surface area contributed by atoms with Gasteiger partial charge >= 0.3 is 0 Å². The summed E-state index contributed by atoms with van der Waals surface area (Å²) >= 11 is 0. The summed E-state index contributed by atoms with van der Waals surface area (Å²) in [6, 6.07) is 19.8. The Balaban J connectivity index is 1.61. The van der Waals surface area contributed by atoms with Crippen LogP contribution in [0.4, 0.5) is 23.2 Å². The molecule has 7 nitrogen and oxygen atoms in total. The predicted octanol–water partition coefficient (Wildman–Crippen LogP) is 9.75. The minimum absolute atomic E-state index is 0.0995. The Morgan fingerprint density at radius 2 is 1.39 bits per heavy atom. The van der Waals surface area contributed by atoms with Crippen LogP contribution < -0.4 is 4.31 Å². The van der Waals surface area contributed by atoms with Crippen LogP contribution in [0.3, 0.4) is 0 Å². The topological polar surface area (TPSA) is 73.7 Å². The fourth-order valence-corrected chi connectivity index (χ4v) is 8.29. The second-order valence-corrected chi connectivity index (χ2v) is 27.9. The molecule has 0 N–H and O–H groups in total. The number of sulfonamides is 1. The van der Waals surface area contributed by atoms with E-state index in [9.17, 15) is 17.2 Å². The number of nitrogens with zero attached hydrogens (tertiary/aromatic N) is 3. The number of fused-ring (bicyclic) bond motifs is 1. The second kappa shape index (κ2) is 15.4. The average molecular weight is 758 g/mol. The fourth-order valence-electron chi connectivity index (χ4n) is 5.35. The van der Waals surface area contributed by atoms with E-state index in [1.807, 2.05) is 30.3 Å². The highest BCUT2D eigenvalue weighted by Gasteiger charge is 2.33. The van der Waals surface area contributed by atoms with E-state index in [2.05, 4.69) is 39.3 Å². The number of rotatable bonds is 15. The van der Waals surface area contributed by atoms with E-state index in [0.29, 0.717) is 40.3 Å². The molecular formula is C37H43F4N3O4SSi2. The van der Waals surface area contributed by atoms with E-state index in [1.54, 1.807) is 16.8 Å². The lowest BCUT2D eigenvalue weighted by molar-refractivity contribution is 0.0818. The number of hydrogen-bond acceptors (Lipinski definition) is 5. The molecule has 0 saturated heterocycles. The molecule has 0 amide bonds. The molecule has 0 aliphatic carbocycles. The van der Waals surface area contributed by atoms with Crippen LogP contribution in [0.2, 0.25) is 51.4 Å². The maximum absolute atomic E-state index is 16.7. The quantitative estimate of drug-likeness (QED) is 0.0460. The number of anilines is 1. The summed E-state index contributed by atoms with van der Waals surface area (Å²) in [5.41, 5.74) is 1.06. The van der Waals surface area contributed by atoms with Crippen LogP contribution in [-0.2, 0) is 26.2 Å². The number of ether oxygens (including phenoxy) is 2. The third kappa shape index (κ3) is 9.16. The Morgan fingerprint density at radius 3 is 2.06 bits per heavy atom. The number of hydrogen-bond donors (Lipinski definition) is 0. The minimum atomic E-state index is -4.94. The van der Waals surface area contributed by atoms with Crippen LogP contribution in [0.15, 0.2) is 83.8 Å². The largest absolute Gasteiger partial charge is 0.360 e. The van der Waals surface area contributed by atoms with Gasteiger partial charge in [-0.25, -0.2) is 35.0 Å². The van der Waals surface area contributed by atoms with E-state index < -0.39 is 72.3 Å². The minimum Gasteiger partial charge on any atom is -0.360 e. The van der Waals surface area contributed by atoms with Gasteiger partial charge in [0.2, 0.25) is 0 Å². The molecule has 1 aromatic heterocycles. The molecule has 0 aliphatic heterocycles. The van der Waals surface area contributed by atoms with Crippen molar-refractivity contribution >= 4 is 42.8 Å². The molecule has 0 spiro atoms. The summed E-state index contributed by atoms with van der Waals surface area (Å²) in [4.78, 5) is -1.01. The lowest BCUT2D eigenvalue weighted by Gasteiger charge is -2.26. The lowest BCUT2D eigenvalue weighted by atomic mass is 10.0. The van der Waals surface area contributed by atoms with Gasteiger partial charge in [0.05, 0.1) is 16.8 Å². The van der Waals surface area contributed by atoms with Gasteiger partial charge in [-0.15, -0.1) is 0 Å². The highest BCUT2D eigenvalue weighted by molar-refractivity contribution is 7.92. The summed E-state index contributed by atoms with van der Waals surface area (Å²) in [7, 11) is -7.92. The second-order valence-electron chi connectivity index (χ2n) is 14.8. The van der Waals surface area contributed by atoms with Crippen molar-refractivity contribution in [3.05, 3.63) is 102 Å². The van der Waals surface area contributed by atoms with Crippen molar-refractivity contribution in [3.63, 3.8) is 0 Å². The molecule has 272 valence electrons. The molecule has 0 aliphatic rings. The molecule has 0 radical (unpaired) electrons. The first-order valence-electron chi connectivity index (χ1n) is 16.6. The van der Waals surface area contributed by atoms with Crippen LogP contribution in [-0.4, -0.2) is 54.3 Å². The highest BCUT2D eigenvalue weighted by atomic mass is 32.2. The van der Waals surface area contributed by atoms with Crippen molar-refractivity contribution in [1.82, 2.24) is 9.78 Å². The van der Waals surface area contributed by atoms with Crippen molar-refractivity contribution in [2.24, 2.45) is 0 Å². The predicted molar refractivity (Wildman–Crippen MR) is 200 cm³/mol. The molecule has 0 unspecified atom stereocenters. The normalized spacial score (nSPS) is 12.5. The molecular weight excluding hydrogens is 715 g/mol. The van der Waals surface area contributed by atoms with Crippen molar-refractivity contribution < 1.29 is 35.5 Å². The average Bonchev–Trinajstić information content (AvgIpc) is 3.42. The zero-order valence-electron chi connectivity index (χ0n) is 29.6. The number of aromatic nitrogens is 2. The van der Waals surface area contributed by atoms with Crippen molar-refractivity contribution in [2.75, 3.05) is 24.2 Å². The smallest absolute Gasteiger partial charge is 0.269 e. The van der Waals surface area contributed by atoms with E-state index >= 15 is 8.78 Å². The Hall–Kier alpha value is -3.83. The van der Waals surface area contributed by atoms with E-state index in [4.69, 9.17) is 14.6 Å². The maximum atomic E-state index is 16.7. The molecule has 5 aromatic rings. The van der Waals surface area contributed by atoms with Gasteiger partial charge in [0, 0.05) is 40.3 Å². The Kier molecular flexibility index (Phi) is 11.6. The van der Waals surface area contributed by atoms with Gasteiger partial charge < -0.3 is 9.47 Å². The Bertz CT molecular complexity index is 2120. The summed E-state index contributed by atoms with van der Waals surface area (Å²) in [6.45, 7) is 13.1. The van der Waals surface area contributed by atoms with Crippen molar-refractivity contribution in [1.29, 1.82) is 0 Å². The third-order valence-electron chi connectivity index (χ3n) is 8.30. The van der Waals surface area contributed by atoms with Crippen molar-refractivity contribution in [3.8, 4) is 22.4 Å². The van der Waals surface area contributed by atoms with E-state index in [1.165, 1.54) is 6.07 Å². The molecule has 0 saturated carbocycles. The number of halogens is 4. The van der Waals surface area contributed by atoms with Gasteiger partial charge in [0.25, 0.3) is 10.0 Å². The first-order valence-corrected chi connectivity index (χ1v) is 25.5. The van der Waals surface area contributed by atoms with Crippen molar-refractivity contribution in [2.45, 2.75) is 63.0 Å². The molecule has 0 fully saturated rings. The van der Waals surface area contributed by atoms with Gasteiger partial charge in [0.1, 0.15) is 41.5 Å². The molecule has 51 heavy (non-hydrogen) atoms.